The Balaban J connectivity index is 1.47. The van der Waals surface area contributed by atoms with Crippen LogP contribution in [0.1, 0.15) is 40.2 Å². The number of nitrogens with zero attached hydrogens (tertiary/aromatic N) is 3. The molecule has 10 rings (SSSR count). The molecule has 24 heteroatoms. The van der Waals surface area contributed by atoms with E-state index in [0.717, 1.165) is 0 Å². The van der Waals surface area contributed by atoms with Crippen LogP contribution in [-0.2, 0) is 0 Å². The Morgan fingerprint density at radius 3 is 1.09 bits per heavy atom. The van der Waals surface area contributed by atoms with E-state index in [-0.39, 0.29) is 5.56 Å². The van der Waals surface area contributed by atoms with E-state index in [4.69, 9.17) is 0 Å². The molecule has 2 unspecified atom stereocenters. The molecule has 0 saturated heterocycles. The quantitative estimate of drug-likeness (QED) is 0.102. The van der Waals surface area contributed by atoms with Crippen molar-refractivity contribution in [2.24, 2.45) is 15.0 Å². The Morgan fingerprint density at radius 1 is 0.351 bits per heavy atom. The van der Waals surface area contributed by atoms with Crippen molar-refractivity contribution in [3.63, 3.8) is 0 Å². The van der Waals surface area contributed by atoms with Crippen molar-refractivity contribution in [1.82, 2.24) is 4.98 Å². The predicted molar refractivity (Wildman–Crippen MR) is 222 cm³/mol. The average molecular weight is 1050 g/mol. The summed E-state index contributed by atoms with van der Waals surface area (Å²) in [4.78, 5) is 14.8. The number of benzene rings is 5. The maximum Gasteiger partial charge on any atom is 0.200 e. The second-order valence-electron chi connectivity index (χ2n) is 16.3. The Bertz CT molecular complexity index is 3820. The number of aromatic amines is 1. The van der Waals surface area contributed by atoms with E-state index >= 15 is 70.2 Å². The molecule has 5 aromatic carbocycles. The van der Waals surface area contributed by atoms with Gasteiger partial charge in [0.25, 0.3) is 0 Å². The minimum atomic E-state index is -2.72. The highest BCUT2D eigenvalue weighted by molar-refractivity contribution is 6.33. The normalized spacial score (nSPS) is 17.4. The van der Waals surface area contributed by atoms with E-state index in [0.29, 0.717) is 36.4 Å². The fourth-order valence-electron chi connectivity index (χ4n) is 9.01. The van der Waals surface area contributed by atoms with Crippen LogP contribution in [-0.4, -0.2) is 28.2 Å². The number of nitrogens with one attached hydrogen (secondary N) is 1. The average Bonchev–Trinajstić information content (AvgIpc) is 4.25. The number of H-pyrrole nitrogens is 1. The predicted octanol–water partition coefficient (Wildman–Crippen LogP) is 12.0. The van der Waals surface area contributed by atoms with Crippen molar-refractivity contribution in [3.8, 4) is 0 Å². The van der Waals surface area contributed by atoms with Crippen LogP contribution in [0.3, 0.4) is 0 Å². The number of hydrogen-bond donors (Lipinski definition) is 1. The van der Waals surface area contributed by atoms with Gasteiger partial charge in [0, 0.05) is 44.6 Å². The van der Waals surface area contributed by atoms with E-state index in [9.17, 15) is 17.6 Å². The van der Waals surface area contributed by atoms with Gasteiger partial charge < -0.3 is 4.98 Å². The summed E-state index contributed by atoms with van der Waals surface area (Å²) in [7, 11) is 0. The van der Waals surface area contributed by atoms with Crippen molar-refractivity contribution in [1.29, 1.82) is 0 Å². The number of aromatic nitrogens is 1. The van der Waals surface area contributed by atoms with Crippen LogP contribution in [0.5, 0.6) is 0 Å². The Kier molecular flexibility index (Phi) is 11.8. The van der Waals surface area contributed by atoms with Gasteiger partial charge in [-0.25, -0.2) is 97.8 Å². The van der Waals surface area contributed by atoms with Gasteiger partial charge >= 0.3 is 0 Å². The van der Waals surface area contributed by atoms with Gasteiger partial charge in [-0.2, -0.15) is 0 Å². The van der Waals surface area contributed by atoms with Gasteiger partial charge in [-0.1, -0.05) is 30.3 Å². The van der Waals surface area contributed by atoms with Crippen molar-refractivity contribution >= 4 is 39.4 Å². The molecule has 1 N–H and O–H groups in total. The number of halogens is 20. The molecule has 0 aliphatic carbocycles. The Morgan fingerprint density at radius 2 is 0.689 bits per heavy atom. The summed E-state index contributed by atoms with van der Waals surface area (Å²) in [6.45, 7) is 0. The Hall–Kier alpha value is -8.31. The van der Waals surface area contributed by atoms with Crippen LogP contribution in [0, 0.1) is 116 Å². The molecule has 2 atom stereocenters. The maximum absolute atomic E-state index is 16.3. The molecule has 0 saturated carbocycles. The van der Waals surface area contributed by atoms with Gasteiger partial charge in [-0.3, -0.25) is 4.99 Å². The molecule has 1 aromatic heterocycles. The van der Waals surface area contributed by atoms with E-state index in [1.54, 1.807) is 0 Å². The summed E-state index contributed by atoms with van der Waals surface area (Å²) in [5, 5.41) is -1.88. The first-order chi connectivity index (χ1) is 35.1. The van der Waals surface area contributed by atoms with Crippen LogP contribution in [0.15, 0.2) is 93.1 Å². The van der Waals surface area contributed by atoms with Crippen LogP contribution in [0.4, 0.5) is 87.8 Å². The second-order valence-corrected chi connectivity index (χ2v) is 16.3. The molecular formula is C50H16F20N4. The molecule has 5 heterocycles. The molecule has 8 bridgehead atoms. The van der Waals surface area contributed by atoms with Gasteiger partial charge in [0.2, 0.25) is 23.3 Å². The van der Waals surface area contributed by atoms with E-state index < -0.39 is 218 Å². The molecule has 0 fully saturated rings. The third kappa shape index (κ3) is 7.18. The lowest BCUT2D eigenvalue weighted by Crippen LogP contribution is -2.24. The summed E-state index contributed by atoms with van der Waals surface area (Å²) in [6.07, 6.45) is 1.64. The monoisotopic (exact) mass is 1050 g/mol. The molecule has 0 spiro atoms. The Labute approximate surface area is 398 Å². The molecule has 4 aliphatic rings. The minimum Gasteiger partial charge on any atom is -0.354 e. The first-order valence-corrected chi connectivity index (χ1v) is 20.7. The van der Waals surface area contributed by atoms with Crippen molar-refractivity contribution < 1.29 is 87.8 Å². The standard InChI is InChI=1S/C50H16F20N4/c51-30-26(31(52)39(60)46(67)38(30)59)22-15-6-7-16(71-15)23(27-32(53)40(61)47(68)41(62)33(27)54)18-10-11-20(73-18)25(29-36(57)44(65)49(70)45(66)37(29)58)50-14(13-4-2-1-3-5-13)12-21(74-50)24(19-9-8-17(22)72-19)28-34(55)42(63)48(69)43(64)35(28)56/h1-11,14,50,71H,12H2. The third-order valence-electron chi connectivity index (χ3n) is 12.3. The first kappa shape index (κ1) is 49.3. The lowest BCUT2D eigenvalue weighted by molar-refractivity contribution is 0.375. The highest BCUT2D eigenvalue weighted by atomic mass is 19.2. The zero-order chi connectivity index (χ0) is 53.3. The first-order valence-electron chi connectivity index (χ1n) is 20.7. The smallest absolute Gasteiger partial charge is 0.200 e. The molecular weight excluding hydrogens is 1040 g/mol. The third-order valence-corrected chi connectivity index (χ3v) is 12.3. The van der Waals surface area contributed by atoms with Crippen LogP contribution < -0.4 is 10.7 Å². The molecule has 0 amide bonds. The number of hydrogen-bond acceptors (Lipinski definition) is 3. The largest absolute Gasteiger partial charge is 0.354 e. The number of aliphatic imine (C=N–C) groups is 3. The SMILES string of the molecule is Fc1c(F)c(F)c(C2=C3C=CC(=N3)C(c3c(F)c(F)c(F)c(F)c3F)=c3ccc([nH]3)=C(c3c(F)c(F)c(F)c(F)c3F)C3=NC(=C(c4c(F)c(F)c(F)c(F)c4F)C4N=C2CC4c2ccccc2)C=C3)c(F)c1F. The zero-order valence-corrected chi connectivity index (χ0v) is 35.6. The van der Waals surface area contributed by atoms with Gasteiger partial charge in [0.1, 0.15) is 0 Å². The maximum atomic E-state index is 16.3. The summed E-state index contributed by atoms with van der Waals surface area (Å²) in [5.41, 5.74) is -17.4. The summed E-state index contributed by atoms with van der Waals surface area (Å²) >= 11 is 0. The fraction of sp³-hybridized carbons (Fsp3) is 0.0600. The van der Waals surface area contributed by atoms with Gasteiger partial charge in [0.15, 0.2) is 93.1 Å². The van der Waals surface area contributed by atoms with Crippen LogP contribution >= 0.6 is 0 Å². The number of fused-ring (bicyclic) bond motifs is 5. The molecule has 376 valence electrons. The molecule has 74 heavy (non-hydrogen) atoms. The highest BCUT2D eigenvalue weighted by Crippen LogP contribution is 2.48. The lowest BCUT2D eigenvalue weighted by Gasteiger charge is -2.24. The highest BCUT2D eigenvalue weighted by Gasteiger charge is 2.44. The topological polar surface area (TPSA) is 52.9 Å². The number of rotatable bonds is 5. The minimum absolute atomic E-state index is 0.0237. The molecule has 4 nitrogen and oxygen atoms in total. The van der Waals surface area contributed by atoms with E-state index in [1.807, 2.05) is 0 Å². The van der Waals surface area contributed by atoms with Crippen molar-refractivity contribution in [2.75, 3.05) is 0 Å². The van der Waals surface area contributed by atoms with Gasteiger partial charge in [-0.05, 0) is 48.4 Å². The summed E-state index contributed by atoms with van der Waals surface area (Å²) in [5.74, 6) is -54.2. The molecule has 0 radical (unpaired) electrons. The van der Waals surface area contributed by atoms with Crippen LogP contribution in [0.2, 0.25) is 0 Å². The summed E-state index contributed by atoms with van der Waals surface area (Å²) < 4.78 is 309. The zero-order valence-electron chi connectivity index (χ0n) is 35.6. The van der Waals surface area contributed by atoms with Gasteiger partial charge in [0.05, 0.1) is 51.1 Å². The molecule has 6 aromatic rings. The molecule has 4 aliphatic heterocycles. The number of allylic oxidation sites excluding steroid dienone is 5. The van der Waals surface area contributed by atoms with E-state index in [2.05, 4.69) is 20.0 Å². The van der Waals surface area contributed by atoms with Crippen molar-refractivity contribution in [2.45, 2.75) is 18.4 Å². The van der Waals surface area contributed by atoms with Gasteiger partial charge in [-0.15, -0.1) is 0 Å². The second kappa shape index (κ2) is 17.7. The summed E-state index contributed by atoms with van der Waals surface area (Å²) in [6, 6.07) is 5.63. The van der Waals surface area contributed by atoms with E-state index in [1.165, 1.54) is 30.3 Å². The van der Waals surface area contributed by atoms with Crippen LogP contribution in [0.25, 0.3) is 22.3 Å². The fourth-order valence-corrected chi connectivity index (χ4v) is 9.01. The van der Waals surface area contributed by atoms with Crippen molar-refractivity contribution in [3.05, 3.63) is 233 Å². The lowest BCUT2D eigenvalue weighted by atomic mass is 9.81.